The number of carboxylic acids is 1. The van der Waals surface area contributed by atoms with Crippen LogP contribution in [0.1, 0.15) is 19.3 Å². The van der Waals surface area contributed by atoms with Gasteiger partial charge in [-0.2, -0.15) is 0 Å². The Hall–Kier alpha value is -1.34. The minimum absolute atomic E-state index is 0.0574. The molecule has 0 aromatic carbocycles. The number of hydrogen-bond acceptors (Lipinski definition) is 4. The van der Waals surface area contributed by atoms with Crippen LogP contribution in [0, 0.1) is 0 Å². The summed E-state index contributed by atoms with van der Waals surface area (Å²) in [7, 11) is 0. The number of hydrogen-bond donors (Lipinski definition) is 2. The largest absolute Gasteiger partial charge is 0.481 e. The van der Waals surface area contributed by atoms with E-state index in [1.807, 2.05) is 0 Å². The van der Waals surface area contributed by atoms with Crippen molar-refractivity contribution >= 4 is 12.0 Å². The molecule has 2 amide bonds. The number of amides is 2. The highest BCUT2D eigenvalue weighted by Gasteiger charge is 2.27. The molecule has 2 unspecified atom stereocenters. The van der Waals surface area contributed by atoms with Crippen molar-refractivity contribution in [2.45, 2.75) is 31.4 Å². The molecule has 2 rings (SSSR count). The molecule has 0 aliphatic carbocycles. The van der Waals surface area contributed by atoms with Gasteiger partial charge in [-0.15, -0.1) is 0 Å². The van der Waals surface area contributed by atoms with Gasteiger partial charge in [0, 0.05) is 19.7 Å². The lowest BCUT2D eigenvalue weighted by molar-refractivity contribution is -0.141. The molecule has 0 spiro atoms. The van der Waals surface area contributed by atoms with Crippen molar-refractivity contribution in [3.8, 4) is 0 Å². The van der Waals surface area contributed by atoms with Crippen molar-refractivity contribution < 1.29 is 24.2 Å². The molecule has 0 saturated carbocycles. The molecule has 0 aromatic rings. The van der Waals surface area contributed by atoms with E-state index in [0.717, 1.165) is 19.4 Å². The first-order valence-electron chi connectivity index (χ1n) is 6.61. The maximum absolute atomic E-state index is 12.1. The van der Waals surface area contributed by atoms with E-state index in [1.54, 1.807) is 4.90 Å². The third-order valence-electron chi connectivity index (χ3n) is 3.32. The zero-order valence-electron chi connectivity index (χ0n) is 10.8. The van der Waals surface area contributed by atoms with E-state index in [2.05, 4.69) is 5.32 Å². The Bertz CT molecular complexity index is 330. The molecule has 0 bridgehead atoms. The summed E-state index contributed by atoms with van der Waals surface area (Å²) in [5.74, 6) is -0.909. The number of carbonyl (C=O) groups excluding carboxylic acids is 1. The van der Waals surface area contributed by atoms with Gasteiger partial charge in [-0.05, 0) is 12.8 Å². The van der Waals surface area contributed by atoms with Gasteiger partial charge >= 0.3 is 12.0 Å². The molecular formula is C12H20N2O5. The molecular weight excluding hydrogens is 252 g/mol. The van der Waals surface area contributed by atoms with Crippen LogP contribution >= 0.6 is 0 Å². The molecule has 7 heteroatoms. The fourth-order valence-corrected chi connectivity index (χ4v) is 2.34. The Balaban J connectivity index is 1.79. The third kappa shape index (κ3) is 4.36. The fraction of sp³-hybridized carbons (Fsp3) is 0.833. The predicted octanol–water partition coefficient (Wildman–Crippen LogP) is 0.0505. The molecule has 0 radical (unpaired) electrons. The summed E-state index contributed by atoms with van der Waals surface area (Å²) in [4.78, 5) is 24.3. The van der Waals surface area contributed by atoms with Gasteiger partial charge in [0.2, 0.25) is 0 Å². The van der Waals surface area contributed by atoms with E-state index in [1.165, 1.54) is 0 Å². The molecule has 2 aliphatic rings. The zero-order valence-corrected chi connectivity index (χ0v) is 10.8. The first-order valence-corrected chi connectivity index (χ1v) is 6.61. The Morgan fingerprint density at radius 1 is 1.37 bits per heavy atom. The van der Waals surface area contributed by atoms with Crippen LogP contribution in [0.4, 0.5) is 4.79 Å². The average molecular weight is 272 g/mol. The third-order valence-corrected chi connectivity index (χ3v) is 3.32. The van der Waals surface area contributed by atoms with E-state index in [4.69, 9.17) is 14.6 Å². The van der Waals surface area contributed by atoms with Crippen LogP contribution in [0.2, 0.25) is 0 Å². The molecule has 19 heavy (non-hydrogen) atoms. The van der Waals surface area contributed by atoms with Crippen molar-refractivity contribution in [2.24, 2.45) is 0 Å². The summed E-state index contributed by atoms with van der Waals surface area (Å²) < 4.78 is 10.6. The van der Waals surface area contributed by atoms with Gasteiger partial charge in [-0.3, -0.25) is 4.79 Å². The number of urea groups is 1. The summed E-state index contributed by atoms with van der Waals surface area (Å²) in [5, 5.41) is 11.7. The molecule has 7 nitrogen and oxygen atoms in total. The van der Waals surface area contributed by atoms with Crippen LogP contribution in [0.5, 0.6) is 0 Å². The number of rotatable bonds is 3. The maximum Gasteiger partial charge on any atom is 0.317 e. The lowest BCUT2D eigenvalue weighted by atomic mass is 10.1. The quantitative estimate of drug-likeness (QED) is 0.758. The molecule has 108 valence electrons. The Labute approximate surface area is 111 Å². The summed E-state index contributed by atoms with van der Waals surface area (Å²) in [6.45, 7) is 2.51. The monoisotopic (exact) mass is 272 g/mol. The summed E-state index contributed by atoms with van der Waals surface area (Å²) in [5.41, 5.74) is 0. The first kappa shape index (κ1) is 14.1. The van der Waals surface area contributed by atoms with E-state index < -0.39 is 12.1 Å². The number of carbonyl (C=O) groups is 2. The minimum atomic E-state index is -0.909. The fourth-order valence-electron chi connectivity index (χ4n) is 2.34. The molecule has 2 fully saturated rings. The molecule has 0 aromatic heterocycles. The maximum atomic E-state index is 12.1. The van der Waals surface area contributed by atoms with E-state index in [-0.39, 0.29) is 18.5 Å². The van der Waals surface area contributed by atoms with Gasteiger partial charge in [0.1, 0.15) is 0 Å². The predicted molar refractivity (Wildman–Crippen MR) is 65.9 cm³/mol. The highest BCUT2D eigenvalue weighted by atomic mass is 16.5. The van der Waals surface area contributed by atoms with Crippen molar-refractivity contribution in [3.05, 3.63) is 0 Å². The highest BCUT2D eigenvalue weighted by Crippen LogP contribution is 2.11. The SMILES string of the molecule is O=C(O)CC1CN(C(=O)NC2CCCOC2)CCO1. The van der Waals surface area contributed by atoms with Crippen LogP contribution in [-0.2, 0) is 14.3 Å². The lowest BCUT2D eigenvalue weighted by Gasteiger charge is -2.34. The second kappa shape index (κ2) is 6.72. The molecule has 2 atom stereocenters. The highest BCUT2D eigenvalue weighted by molar-refractivity contribution is 5.75. The van der Waals surface area contributed by atoms with Gasteiger partial charge in [-0.25, -0.2) is 4.79 Å². The second-order valence-electron chi connectivity index (χ2n) is 4.90. The number of ether oxygens (including phenoxy) is 2. The normalized spacial score (nSPS) is 27.9. The van der Waals surface area contributed by atoms with Crippen LogP contribution in [0.15, 0.2) is 0 Å². The summed E-state index contributed by atoms with van der Waals surface area (Å²) in [6.07, 6.45) is 1.39. The molecule has 2 aliphatic heterocycles. The van der Waals surface area contributed by atoms with Crippen LogP contribution in [0.25, 0.3) is 0 Å². The summed E-state index contributed by atoms with van der Waals surface area (Å²) in [6, 6.07) is -0.101. The number of nitrogens with zero attached hydrogens (tertiary/aromatic N) is 1. The summed E-state index contributed by atoms with van der Waals surface area (Å²) >= 11 is 0. The minimum Gasteiger partial charge on any atom is -0.481 e. The number of morpholine rings is 1. The Morgan fingerprint density at radius 3 is 2.89 bits per heavy atom. The lowest BCUT2D eigenvalue weighted by Crippen LogP contribution is -2.53. The number of carboxylic acid groups (broad SMARTS) is 1. The van der Waals surface area contributed by atoms with Crippen molar-refractivity contribution in [3.63, 3.8) is 0 Å². The Kier molecular flexibility index (Phi) is 4.98. The average Bonchev–Trinajstić information content (AvgIpc) is 2.39. The number of nitrogens with one attached hydrogen (secondary N) is 1. The Morgan fingerprint density at radius 2 is 2.21 bits per heavy atom. The van der Waals surface area contributed by atoms with Gasteiger partial charge in [0.25, 0.3) is 0 Å². The van der Waals surface area contributed by atoms with Crippen LogP contribution < -0.4 is 5.32 Å². The first-order chi connectivity index (χ1) is 9.15. The van der Waals surface area contributed by atoms with Gasteiger partial charge in [0.15, 0.2) is 0 Å². The van der Waals surface area contributed by atoms with E-state index in [9.17, 15) is 9.59 Å². The molecule has 2 saturated heterocycles. The topological polar surface area (TPSA) is 88.1 Å². The smallest absolute Gasteiger partial charge is 0.317 e. The van der Waals surface area contributed by atoms with Crippen LogP contribution in [0.3, 0.4) is 0 Å². The molecule has 2 N–H and O–H groups in total. The van der Waals surface area contributed by atoms with Gasteiger partial charge < -0.3 is 24.8 Å². The van der Waals surface area contributed by atoms with Crippen molar-refractivity contribution in [1.82, 2.24) is 10.2 Å². The molecule has 2 heterocycles. The van der Waals surface area contributed by atoms with E-state index >= 15 is 0 Å². The standard InChI is InChI=1S/C12H20N2O5/c15-11(16)6-10-7-14(3-5-19-10)12(17)13-9-2-1-4-18-8-9/h9-10H,1-8H2,(H,13,17)(H,15,16). The number of aliphatic carboxylic acids is 1. The van der Waals surface area contributed by atoms with Crippen molar-refractivity contribution in [1.29, 1.82) is 0 Å². The second-order valence-corrected chi connectivity index (χ2v) is 4.90. The zero-order chi connectivity index (χ0) is 13.7. The van der Waals surface area contributed by atoms with Crippen molar-refractivity contribution in [2.75, 3.05) is 32.9 Å². The van der Waals surface area contributed by atoms with Gasteiger partial charge in [-0.1, -0.05) is 0 Å². The van der Waals surface area contributed by atoms with Gasteiger partial charge in [0.05, 0.1) is 31.8 Å². The van der Waals surface area contributed by atoms with Crippen LogP contribution in [-0.4, -0.2) is 67.1 Å². The van der Waals surface area contributed by atoms with E-state index in [0.29, 0.717) is 26.3 Å².